The lowest BCUT2D eigenvalue weighted by atomic mass is 10.1. The lowest BCUT2D eigenvalue weighted by molar-refractivity contribution is -0.819. The van der Waals surface area contributed by atoms with Crippen LogP contribution in [-0.2, 0) is 16.1 Å². The topological polar surface area (TPSA) is 95.5 Å². The van der Waals surface area contributed by atoms with E-state index in [1.54, 1.807) is 30.3 Å². The van der Waals surface area contributed by atoms with Gasteiger partial charge in [0.2, 0.25) is 6.04 Å². The van der Waals surface area contributed by atoms with Gasteiger partial charge >= 0.3 is 12.0 Å². The largest absolute Gasteiger partial charge is 0.498 e. The molecule has 1 heterocycles. The fourth-order valence-electron chi connectivity index (χ4n) is 2.35. The van der Waals surface area contributed by atoms with Crippen LogP contribution in [0.3, 0.4) is 0 Å². The van der Waals surface area contributed by atoms with Gasteiger partial charge in [-0.25, -0.2) is 9.59 Å². The Hall–Kier alpha value is -2.41. The van der Waals surface area contributed by atoms with Crippen LogP contribution in [0.15, 0.2) is 30.3 Å². The third-order valence-corrected chi connectivity index (χ3v) is 3.41. The molecule has 1 aliphatic heterocycles. The number of amides is 3. The number of quaternary nitrogens is 1. The SMILES string of the molecule is COC(=O)C1CNC(=O)[N+]1(Cc1ccccc1)C(=O)[O-]. The van der Waals surface area contributed by atoms with Crippen molar-refractivity contribution in [1.29, 1.82) is 0 Å². The Morgan fingerprint density at radius 1 is 1.40 bits per heavy atom. The first-order chi connectivity index (χ1) is 9.52. The standard InChI is InChI=1S/C13H14N2O5/c1-20-11(16)10-7-14-12(17)15(10,13(18)19)8-9-5-3-2-4-6-9/h2-6,10H,7-8H2,1H3,(H-,14,17,18,19). The normalized spacial score (nSPS) is 25.1. The molecule has 1 N–H and O–H groups in total. The Bertz CT molecular complexity index is 545. The molecule has 1 fully saturated rings. The molecule has 2 unspecified atom stereocenters. The molecular formula is C13H14N2O5. The number of rotatable bonds is 3. The lowest BCUT2D eigenvalue weighted by Crippen LogP contribution is -2.65. The summed E-state index contributed by atoms with van der Waals surface area (Å²) in [5.74, 6) is -0.761. The van der Waals surface area contributed by atoms with E-state index in [1.807, 2.05) is 0 Å². The number of carbonyl (C=O) groups is 3. The number of urea groups is 1. The van der Waals surface area contributed by atoms with Crippen LogP contribution >= 0.6 is 0 Å². The van der Waals surface area contributed by atoms with E-state index >= 15 is 0 Å². The lowest BCUT2D eigenvalue weighted by Gasteiger charge is -2.33. The van der Waals surface area contributed by atoms with Gasteiger partial charge < -0.3 is 14.6 Å². The molecule has 7 nitrogen and oxygen atoms in total. The van der Waals surface area contributed by atoms with Gasteiger partial charge in [-0.15, -0.1) is 0 Å². The maximum atomic E-state index is 12.0. The van der Waals surface area contributed by atoms with Crippen molar-refractivity contribution >= 4 is 18.1 Å². The minimum absolute atomic E-state index is 0.0910. The number of benzene rings is 1. The number of carboxylic acid groups (broad SMARTS) is 1. The first-order valence-electron chi connectivity index (χ1n) is 6.02. The molecule has 0 bridgehead atoms. The molecule has 1 aromatic carbocycles. The van der Waals surface area contributed by atoms with Crippen molar-refractivity contribution in [3.05, 3.63) is 35.9 Å². The summed E-state index contributed by atoms with van der Waals surface area (Å²) in [7, 11) is 1.15. The molecule has 0 spiro atoms. The number of carbonyl (C=O) groups excluding carboxylic acids is 3. The highest BCUT2D eigenvalue weighted by Crippen LogP contribution is 2.25. The summed E-state index contributed by atoms with van der Waals surface area (Å²) in [6, 6.07) is 6.66. The third kappa shape index (κ3) is 2.12. The Balaban J connectivity index is 2.44. The van der Waals surface area contributed by atoms with Crippen molar-refractivity contribution in [3.63, 3.8) is 0 Å². The summed E-state index contributed by atoms with van der Waals surface area (Å²) < 4.78 is 3.46. The van der Waals surface area contributed by atoms with Gasteiger partial charge in [-0.05, 0) is 0 Å². The summed E-state index contributed by atoms with van der Waals surface area (Å²) in [4.78, 5) is 35.3. The number of methoxy groups -OCH3 is 1. The molecule has 106 valence electrons. The quantitative estimate of drug-likeness (QED) is 0.600. The van der Waals surface area contributed by atoms with Gasteiger partial charge in [-0.3, -0.25) is 5.32 Å². The molecule has 0 aromatic heterocycles. The Labute approximate surface area is 115 Å². The molecule has 2 rings (SSSR count). The molecule has 2 atom stereocenters. The predicted octanol–water partition coefficient (Wildman–Crippen LogP) is -0.389. The second kappa shape index (κ2) is 5.30. The summed E-state index contributed by atoms with van der Waals surface area (Å²) >= 11 is 0. The highest BCUT2D eigenvalue weighted by molar-refractivity contribution is 5.88. The number of hydrogen-bond acceptors (Lipinski definition) is 5. The predicted molar refractivity (Wildman–Crippen MR) is 65.0 cm³/mol. The van der Waals surface area contributed by atoms with Crippen molar-refractivity contribution in [2.45, 2.75) is 12.6 Å². The van der Waals surface area contributed by atoms with Crippen LogP contribution in [0.5, 0.6) is 0 Å². The average Bonchev–Trinajstić information content (AvgIpc) is 2.77. The van der Waals surface area contributed by atoms with E-state index in [1.165, 1.54) is 0 Å². The first-order valence-corrected chi connectivity index (χ1v) is 6.02. The molecule has 3 amide bonds. The van der Waals surface area contributed by atoms with Crippen molar-refractivity contribution in [2.75, 3.05) is 13.7 Å². The maximum absolute atomic E-state index is 12.0. The highest BCUT2D eigenvalue weighted by Gasteiger charge is 2.56. The van der Waals surface area contributed by atoms with E-state index in [0.717, 1.165) is 7.11 Å². The molecule has 7 heteroatoms. The Morgan fingerprint density at radius 2 is 2.05 bits per heavy atom. The van der Waals surface area contributed by atoms with Gasteiger partial charge in [-0.1, -0.05) is 30.3 Å². The molecule has 0 saturated carbocycles. The van der Waals surface area contributed by atoms with Crippen LogP contribution in [0.4, 0.5) is 9.59 Å². The van der Waals surface area contributed by atoms with Crippen LogP contribution in [0.2, 0.25) is 0 Å². The summed E-state index contributed by atoms with van der Waals surface area (Å²) in [5, 5.41) is 14.0. The van der Waals surface area contributed by atoms with Gasteiger partial charge in [-0.2, -0.15) is 4.48 Å². The second-order valence-electron chi connectivity index (χ2n) is 4.50. The van der Waals surface area contributed by atoms with E-state index in [9.17, 15) is 19.5 Å². The number of nitrogens with one attached hydrogen (secondary N) is 1. The molecule has 1 aliphatic rings. The number of esters is 1. The van der Waals surface area contributed by atoms with Crippen LogP contribution in [0.25, 0.3) is 0 Å². The third-order valence-electron chi connectivity index (χ3n) is 3.41. The fraction of sp³-hybridized carbons (Fsp3) is 0.308. The first kappa shape index (κ1) is 14.0. The van der Waals surface area contributed by atoms with Crippen molar-refractivity contribution in [1.82, 2.24) is 5.32 Å². The van der Waals surface area contributed by atoms with E-state index in [2.05, 4.69) is 10.1 Å². The second-order valence-corrected chi connectivity index (χ2v) is 4.50. The van der Waals surface area contributed by atoms with Crippen LogP contribution in [0, 0.1) is 0 Å². The molecule has 1 saturated heterocycles. The Kier molecular flexibility index (Phi) is 3.71. The van der Waals surface area contributed by atoms with E-state index in [4.69, 9.17) is 0 Å². The van der Waals surface area contributed by atoms with Gasteiger partial charge in [0.25, 0.3) is 6.09 Å². The zero-order valence-electron chi connectivity index (χ0n) is 10.9. The van der Waals surface area contributed by atoms with Gasteiger partial charge in [0.15, 0.2) is 0 Å². The van der Waals surface area contributed by atoms with Crippen LogP contribution in [-0.4, -0.2) is 42.3 Å². The van der Waals surface area contributed by atoms with Crippen molar-refractivity contribution in [3.8, 4) is 0 Å². The zero-order chi connectivity index (χ0) is 14.8. The maximum Gasteiger partial charge on any atom is 0.424 e. The molecule has 20 heavy (non-hydrogen) atoms. The van der Waals surface area contributed by atoms with E-state index < -0.39 is 28.6 Å². The molecular weight excluding hydrogens is 264 g/mol. The number of nitrogens with zero attached hydrogens (tertiary/aromatic N) is 1. The monoisotopic (exact) mass is 278 g/mol. The van der Waals surface area contributed by atoms with Crippen molar-refractivity contribution < 1.29 is 28.7 Å². The van der Waals surface area contributed by atoms with E-state index in [0.29, 0.717) is 5.56 Å². The molecule has 1 aromatic rings. The zero-order valence-corrected chi connectivity index (χ0v) is 10.9. The van der Waals surface area contributed by atoms with Crippen LogP contribution < -0.4 is 10.4 Å². The highest BCUT2D eigenvalue weighted by atomic mass is 16.5. The summed E-state index contributed by atoms with van der Waals surface area (Å²) in [6.07, 6.45) is -1.63. The van der Waals surface area contributed by atoms with Crippen molar-refractivity contribution in [2.24, 2.45) is 0 Å². The number of imide groups is 1. The van der Waals surface area contributed by atoms with Gasteiger partial charge in [0.05, 0.1) is 13.7 Å². The smallest absolute Gasteiger partial charge is 0.424 e. The molecule has 0 aliphatic carbocycles. The van der Waals surface area contributed by atoms with Gasteiger partial charge in [0.1, 0.15) is 6.54 Å². The Morgan fingerprint density at radius 3 is 2.60 bits per heavy atom. The summed E-state index contributed by atoms with van der Waals surface area (Å²) in [6.45, 7) is -0.263. The number of hydrogen-bond donors (Lipinski definition) is 1. The minimum Gasteiger partial charge on any atom is -0.498 e. The summed E-state index contributed by atoms with van der Waals surface area (Å²) in [5.41, 5.74) is 0.614. The average molecular weight is 278 g/mol. The fourth-order valence-corrected chi connectivity index (χ4v) is 2.35. The van der Waals surface area contributed by atoms with E-state index in [-0.39, 0.29) is 13.1 Å². The minimum atomic E-state index is -1.63. The van der Waals surface area contributed by atoms with Gasteiger partial charge in [0, 0.05) is 5.56 Å². The van der Waals surface area contributed by atoms with Crippen LogP contribution in [0.1, 0.15) is 5.56 Å². The number of ether oxygens (including phenoxy) is 1. The molecule has 0 radical (unpaired) electrons.